The first-order chi connectivity index (χ1) is 15.2. The minimum absolute atomic E-state index is 0.104. The molecule has 3 aromatic rings. The summed E-state index contributed by atoms with van der Waals surface area (Å²) >= 11 is 3.04. The van der Waals surface area contributed by atoms with Crippen LogP contribution in [0, 0.1) is 0 Å². The van der Waals surface area contributed by atoms with E-state index < -0.39 is 6.04 Å². The van der Waals surface area contributed by atoms with Gasteiger partial charge in [-0.3, -0.25) is 14.5 Å². The maximum atomic E-state index is 13.6. The first-order valence-corrected chi connectivity index (χ1v) is 12.2. The smallest absolute Gasteiger partial charge is 0.248 e. The number of anilines is 1. The molecule has 5 nitrogen and oxygen atoms in total. The Labute approximate surface area is 190 Å². The number of methoxy groups -OCH3 is 1. The molecule has 0 saturated heterocycles. The molecule has 2 amide bonds. The van der Waals surface area contributed by atoms with Gasteiger partial charge in [0.05, 0.1) is 13.5 Å². The lowest BCUT2D eigenvalue weighted by atomic mass is 10.1. The number of carbonyl (C=O) groups is 2. The van der Waals surface area contributed by atoms with E-state index in [2.05, 4.69) is 5.32 Å². The zero-order valence-electron chi connectivity index (χ0n) is 17.5. The van der Waals surface area contributed by atoms with E-state index in [1.54, 1.807) is 23.3 Å². The number of benzene rings is 1. The number of rotatable bonds is 8. The van der Waals surface area contributed by atoms with Crippen LogP contribution in [0.1, 0.15) is 41.5 Å². The summed E-state index contributed by atoms with van der Waals surface area (Å²) in [6.07, 6.45) is 4.51. The van der Waals surface area contributed by atoms with Crippen molar-refractivity contribution >= 4 is 40.2 Å². The number of amides is 2. The summed E-state index contributed by atoms with van der Waals surface area (Å²) < 4.78 is 5.28. The summed E-state index contributed by atoms with van der Waals surface area (Å²) in [6.45, 7) is 0. The Bertz CT molecular complexity index is 979. The first kappa shape index (κ1) is 21.6. The zero-order chi connectivity index (χ0) is 21.6. The lowest BCUT2D eigenvalue weighted by molar-refractivity contribution is -0.126. The number of hydrogen-bond donors (Lipinski definition) is 1. The molecule has 0 spiro atoms. The molecule has 1 unspecified atom stereocenters. The average molecular weight is 455 g/mol. The fourth-order valence-electron chi connectivity index (χ4n) is 4.00. The molecule has 0 bridgehead atoms. The van der Waals surface area contributed by atoms with Crippen LogP contribution >= 0.6 is 22.7 Å². The Morgan fingerprint density at radius 3 is 2.39 bits per heavy atom. The minimum atomic E-state index is -0.707. The lowest BCUT2D eigenvalue weighted by Crippen LogP contribution is -2.46. The number of carbonyl (C=O) groups excluding carboxylic acids is 2. The second-order valence-electron chi connectivity index (χ2n) is 7.63. The molecule has 7 heteroatoms. The quantitative estimate of drug-likeness (QED) is 0.509. The Kier molecular flexibility index (Phi) is 7.04. The van der Waals surface area contributed by atoms with E-state index in [-0.39, 0.29) is 24.3 Å². The Hall–Kier alpha value is -2.64. The van der Waals surface area contributed by atoms with Crippen molar-refractivity contribution in [3.63, 3.8) is 0 Å². The van der Waals surface area contributed by atoms with Gasteiger partial charge < -0.3 is 10.1 Å². The van der Waals surface area contributed by atoms with Gasteiger partial charge in [-0.1, -0.05) is 25.0 Å². The largest absolute Gasteiger partial charge is 0.497 e. The van der Waals surface area contributed by atoms with Gasteiger partial charge in [0.15, 0.2) is 0 Å². The van der Waals surface area contributed by atoms with E-state index in [4.69, 9.17) is 4.74 Å². The molecular weight excluding hydrogens is 428 g/mol. The standard InChI is InChI=1S/C24H26N2O3S2/c1-29-19-12-10-18(11-13-19)26(22(27)16-20-8-4-14-30-20)23(21-9-5-15-31-21)24(28)25-17-6-2-3-7-17/h4-5,8-15,17,23H,2-3,6-7,16H2,1H3,(H,25,28). The molecule has 31 heavy (non-hydrogen) atoms. The Morgan fingerprint density at radius 2 is 1.77 bits per heavy atom. The molecule has 2 heterocycles. The van der Waals surface area contributed by atoms with Gasteiger partial charge >= 0.3 is 0 Å². The van der Waals surface area contributed by atoms with Gasteiger partial charge in [0.1, 0.15) is 11.8 Å². The zero-order valence-corrected chi connectivity index (χ0v) is 19.1. The molecule has 0 radical (unpaired) electrons. The van der Waals surface area contributed by atoms with E-state index in [9.17, 15) is 9.59 Å². The number of nitrogens with zero attached hydrogens (tertiary/aromatic N) is 1. The molecule has 162 valence electrons. The van der Waals surface area contributed by atoms with Gasteiger partial charge in [0, 0.05) is 21.5 Å². The van der Waals surface area contributed by atoms with Gasteiger partial charge in [0.25, 0.3) is 0 Å². The van der Waals surface area contributed by atoms with E-state index in [0.29, 0.717) is 11.4 Å². The minimum Gasteiger partial charge on any atom is -0.497 e. The molecule has 0 aliphatic heterocycles. The fourth-order valence-corrected chi connectivity index (χ4v) is 5.51. The molecule has 1 atom stereocenters. The van der Waals surface area contributed by atoms with Crippen LogP contribution in [0.4, 0.5) is 5.69 Å². The van der Waals surface area contributed by atoms with Crippen LogP contribution in [0.25, 0.3) is 0 Å². The molecule has 1 aliphatic carbocycles. The summed E-state index contributed by atoms with van der Waals surface area (Å²) in [7, 11) is 1.61. The van der Waals surface area contributed by atoms with Crippen molar-refractivity contribution in [3.05, 3.63) is 69.0 Å². The van der Waals surface area contributed by atoms with Gasteiger partial charge in [-0.15, -0.1) is 22.7 Å². The lowest BCUT2D eigenvalue weighted by Gasteiger charge is -2.31. The maximum Gasteiger partial charge on any atom is 0.248 e. The summed E-state index contributed by atoms with van der Waals surface area (Å²) in [5.74, 6) is 0.481. The van der Waals surface area contributed by atoms with Crippen LogP contribution in [0.3, 0.4) is 0 Å². The van der Waals surface area contributed by atoms with Crippen molar-refractivity contribution < 1.29 is 14.3 Å². The number of hydrogen-bond acceptors (Lipinski definition) is 5. The third-order valence-corrected chi connectivity index (χ3v) is 7.35. The van der Waals surface area contributed by atoms with Crippen molar-refractivity contribution in [1.29, 1.82) is 0 Å². The summed E-state index contributed by atoms with van der Waals surface area (Å²) in [5, 5.41) is 7.11. The predicted octanol–water partition coefficient (Wildman–Crippen LogP) is 5.19. The normalized spacial score (nSPS) is 14.9. The van der Waals surface area contributed by atoms with Crippen LogP contribution in [0.15, 0.2) is 59.3 Å². The molecule has 1 fully saturated rings. The monoisotopic (exact) mass is 454 g/mol. The maximum absolute atomic E-state index is 13.6. The molecule has 4 rings (SSSR count). The second kappa shape index (κ2) is 10.1. The molecule has 1 aromatic carbocycles. The highest BCUT2D eigenvalue weighted by molar-refractivity contribution is 7.10. The topological polar surface area (TPSA) is 58.6 Å². The molecule has 1 saturated carbocycles. The van der Waals surface area contributed by atoms with E-state index >= 15 is 0 Å². The van der Waals surface area contributed by atoms with Crippen LogP contribution in [-0.4, -0.2) is 25.0 Å². The SMILES string of the molecule is COc1ccc(N(C(=O)Cc2cccs2)C(C(=O)NC2CCCC2)c2cccs2)cc1. The number of nitrogens with one attached hydrogen (secondary N) is 1. The predicted molar refractivity (Wildman–Crippen MR) is 126 cm³/mol. The average Bonchev–Trinajstić information content (AvgIpc) is 3.55. The van der Waals surface area contributed by atoms with Crippen LogP contribution in [0.2, 0.25) is 0 Å². The summed E-state index contributed by atoms with van der Waals surface area (Å²) in [6, 6.07) is 14.5. The first-order valence-electron chi connectivity index (χ1n) is 10.5. The molecular formula is C24H26N2O3S2. The molecule has 1 aliphatic rings. The van der Waals surface area contributed by atoms with Crippen LogP contribution in [0.5, 0.6) is 5.75 Å². The van der Waals surface area contributed by atoms with E-state index in [1.807, 2.05) is 59.3 Å². The van der Waals surface area contributed by atoms with Gasteiger partial charge in [-0.25, -0.2) is 0 Å². The van der Waals surface area contributed by atoms with Crippen molar-refractivity contribution in [2.75, 3.05) is 12.0 Å². The highest BCUT2D eigenvalue weighted by Crippen LogP contribution is 2.33. The Balaban J connectivity index is 1.70. The highest BCUT2D eigenvalue weighted by atomic mass is 32.1. The molecule has 1 N–H and O–H groups in total. The Morgan fingerprint density at radius 1 is 1.06 bits per heavy atom. The van der Waals surface area contributed by atoms with E-state index in [0.717, 1.165) is 35.4 Å². The number of ether oxygens (including phenoxy) is 1. The summed E-state index contributed by atoms with van der Waals surface area (Å²) in [4.78, 5) is 30.6. The van der Waals surface area contributed by atoms with Crippen molar-refractivity contribution in [2.24, 2.45) is 0 Å². The molecule has 2 aromatic heterocycles. The van der Waals surface area contributed by atoms with Gasteiger partial charge in [0.2, 0.25) is 11.8 Å². The van der Waals surface area contributed by atoms with E-state index in [1.165, 1.54) is 11.3 Å². The third kappa shape index (κ3) is 5.17. The van der Waals surface area contributed by atoms with Crippen LogP contribution in [-0.2, 0) is 16.0 Å². The van der Waals surface area contributed by atoms with Gasteiger partial charge in [-0.05, 0) is 60.0 Å². The number of thiophene rings is 2. The van der Waals surface area contributed by atoms with Crippen LogP contribution < -0.4 is 15.0 Å². The van der Waals surface area contributed by atoms with Crippen molar-refractivity contribution in [2.45, 2.75) is 44.2 Å². The summed E-state index contributed by atoms with van der Waals surface area (Å²) in [5.41, 5.74) is 0.683. The van der Waals surface area contributed by atoms with Crippen molar-refractivity contribution in [3.8, 4) is 5.75 Å². The van der Waals surface area contributed by atoms with Gasteiger partial charge in [-0.2, -0.15) is 0 Å². The highest BCUT2D eigenvalue weighted by Gasteiger charge is 2.35. The fraction of sp³-hybridized carbons (Fsp3) is 0.333. The second-order valence-corrected chi connectivity index (χ2v) is 9.64. The third-order valence-electron chi connectivity index (χ3n) is 5.55. The van der Waals surface area contributed by atoms with Crippen molar-refractivity contribution in [1.82, 2.24) is 5.32 Å².